The van der Waals surface area contributed by atoms with Crippen LogP contribution in [0, 0.1) is 5.82 Å². The highest BCUT2D eigenvalue weighted by atomic mass is 35.5. The summed E-state index contributed by atoms with van der Waals surface area (Å²) >= 11 is 0. The van der Waals surface area contributed by atoms with Gasteiger partial charge in [-0.1, -0.05) is 12.1 Å². The molecule has 3 aromatic carbocycles. The van der Waals surface area contributed by atoms with Gasteiger partial charge in [-0.3, -0.25) is 4.98 Å². The molecule has 0 spiro atoms. The molecule has 3 N–H and O–H groups in total. The van der Waals surface area contributed by atoms with Crippen LogP contribution in [0.4, 0.5) is 10.1 Å². The fourth-order valence-electron chi connectivity index (χ4n) is 3.52. The highest BCUT2D eigenvalue weighted by Crippen LogP contribution is 2.30. The van der Waals surface area contributed by atoms with Gasteiger partial charge in [-0.05, 0) is 61.5 Å². The minimum Gasteiger partial charge on any atom is -0.504 e. The third-order valence-electron chi connectivity index (χ3n) is 5.23. The van der Waals surface area contributed by atoms with Crippen LogP contribution >= 0.6 is 12.4 Å². The maximum atomic E-state index is 13.1. The number of nitrogens with one attached hydrogen (secondary N) is 2. The molecule has 4 rings (SSSR count). The fraction of sp³-hybridized carbons (Fsp3) is 0.192. The Labute approximate surface area is 204 Å². The predicted octanol–water partition coefficient (Wildman–Crippen LogP) is 5.89. The minimum absolute atomic E-state index is 0. The van der Waals surface area contributed by atoms with E-state index in [1.807, 2.05) is 36.4 Å². The van der Waals surface area contributed by atoms with Crippen LogP contribution in [0.1, 0.15) is 12.0 Å². The predicted molar refractivity (Wildman–Crippen MR) is 135 cm³/mol. The summed E-state index contributed by atoms with van der Waals surface area (Å²) in [4.78, 5) is 4.45. The number of ether oxygens (including phenoxy) is 2. The number of benzene rings is 3. The highest BCUT2D eigenvalue weighted by molar-refractivity contribution is 5.91. The zero-order valence-corrected chi connectivity index (χ0v) is 19.6. The molecule has 0 unspecified atom stereocenters. The van der Waals surface area contributed by atoms with E-state index >= 15 is 0 Å². The van der Waals surface area contributed by atoms with Crippen molar-refractivity contribution in [1.82, 2.24) is 10.3 Å². The second-order valence-electron chi connectivity index (χ2n) is 7.52. The molecule has 6 nitrogen and oxygen atoms in total. The number of rotatable bonds is 10. The van der Waals surface area contributed by atoms with Crippen LogP contribution in [0.15, 0.2) is 72.9 Å². The molecule has 178 valence electrons. The number of phenols is 1. The van der Waals surface area contributed by atoms with E-state index in [-0.39, 0.29) is 24.0 Å². The number of halogens is 2. The van der Waals surface area contributed by atoms with E-state index < -0.39 is 0 Å². The largest absolute Gasteiger partial charge is 0.504 e. The van der Waals surface area contributed by atoms with Crippen molar-refractivity contribution >= 4 is 29.0 Å². The Balaban J connectivity index is 0.00000324. The third kappa shape index (κ3) is 6.27. The summed E-state index contributed by atoms with van der Waals surface area (Å²) < 4.78 is 24.0. The van der Waals surface area contributed by atoms with E-state index in [9.17, 15) is 9.50 Å². The Bertz CT molecular complexity index is 1220. The molecule has 0 aliphatic carbocycles. The lowest BCUT2D eigenvalue weighted by atomic mass is 10.1. The normalized spacial score (nSPS) is 10.5. The molecule has 4 aromatic rings. The number of anilines is 1. The second-order valence-corrected chi connectivity index (χ2v) is 7.52. The van der Waals surface area contributed by atoms with E-state index in [2.05, 4.69) is 15.6 Å². The third-order valence-corrected chi connectivity index (χ3v) is 5.23. The van der Waals surface area contributed by atoms with Crippen LogP contribution in [-0.4, -0.2) is 30.3 Å². The van der Waals surface area contributed by atoms with Crippen molar-refractivity contribution in [3.05, 3.63) is 84.3 Å². The number of fused-ring (bicyclic) bond motifs is 1. The van der Waals surface area contributed by atoms with Crippen molar-refractivity contribution in [2.45, 2.75) is 13.0 Å². The zero-order valence-electron chi connectivity index (χ0n) is 18.8. The Morgan fingerprint density at radius 3 is 2.56 bits per heavy atom. The van der Waals surface area contributed by atoms with E-state index in [1.165, 1.54) is 12.1 Å². The molecule has 0 aliphatic rings. The smallest absolute Gasteiger partial charge is 0.162 e. The Hall–Kier alpha value is -3.55. The van der Waals surface area contributed by atoms with Gasteiger partial charge in [0.15, 0.2) is 11.5 Å². The molecule has 0 fully saturated rings. The molecule has 0 saturated heterocycles. The van der Waals surface area contributed by atoms with Crippen LogP contribution < -0.4 is 20.1 Å². The Morgan fingerprint density at radius 1 is 0.971 bits per heavy atom. The molecule has 0 amide bonds. The van der Waals surface area contributed by atoms with Gasteiger partial charge >= 0.3 is 0 Å². The number of para-hydroxylation sites is 1. The topological polar surface area (TPSA) is 75.6 Å². The second kappa shape index (κ2) is 12.1. The number of hydrogen-bond donors (Lipinski definition) is 3. The van der Waals surface area contributed by atoms with Crippen molar-refractivity contribution < 1.29 is 19.0 Å². The monoisotopic (exact) mass is 483 g/mol. The molecular weight excluding hydrogens is 457 g/mol. The summed E-state index contributed by atoms with van der Waals surface area (Å²) in [5.41, 5.74) is 2.62. The van der Waals surface area contributed by atoms with E-state index in [4.69, 9.17) is 9.47 Å². The maximum absolute atomic E-state index is 13.1. The summed E-state index contributed by atoms with van der Waals surface area (Å²) in [6.07, 6.45) is 2.66. The van der Waals surface area contributed by atoms with Crippen molar-refractivity contribution in [3.63, 3.8) is 0 Å². The van der Waals surface area contributed by atoms with Crippen LogP contribution in [0.3, 0.4) is 0 Å². The highest BCUT2D eigenvalue weighted by Gasteiger charge is 2.07. The van der Waals surface area contributed by atoms with Gasteiger partial charge in [-0.25, -0.2) is 4.39 Å². The first-order valence-corrected chi connectivity index (χ1v) is 10.8. The number of methoxy groups -OCH3 is 1. The van der Waals surface area contributed by atoms with Gasteiger partial charge in [0, 0.05) is 42.0 Å². The number of hydrogen-bond acceptors (Lipinski definition) is 6. The molecule has 1 heterocycles. The summed E-state index contributed by atoms with van der Waals surface area (Å²) in [7, 11) is 1.54. The number of phenolic OH excluding ortho intramolecular Hbond substituents is 1. The number of aromatic nitrogens is 1. The number of nitrogens with zero attached hydrogens (tertiary/aromatic N) is 1. The molecule has 0 atom stereocenters. The molecule has 0 bridgehead atoms. The summed E-state index contributed by atoms with van der Waals surface area (Å²) in [6.45, 7) is 2.14. The zero-order chi connectivity index (χ0) is 23.0. The molecule has 1 aromatic heterocycles. The lowest BCUT2D eigenvalue weighted by Crippen LogP contribution is -2.17. The van der Waals surface area contributed by atoms with Crippen molar-refractivity contribution in [2.24, 2.45) is 0 Å². The van der Waals surface area contributed by atoms with Gasteiger partial charge in [0.2, 0.25) is 0 Å². The minimum atomic E-state index is -0.299. The molecule has 8 heteroatoms. The fourth-order valence-corrected chi connectivity index (χ4v) is 3.52. The van der Waals surface area contributed by atoms with Crippen molar-refractivity contribution in [1.29, 1.82) is 0 Å². The van der Waals surface area contributed by atoms with Crippen LogP contribution in [0.5, 0.6) is 23.0 Å². The lowest BCUT2D eigenvalue weighted by molar-refractivity contribution is 0.369. The van der Waals surface area contributed by atoms with E-state index in [0.29, 0.717) is 23.8 Å². The Kier molecular flexibility index (Phi) is 8.90. The first-order chi connectivity index (χ1) is 16.1. The van der Waals surface area contributed by atoms with Crippen LogP contribution in [-0.2, 0) is 6.54 Å². The molecule has 34 heavy (non-hydrogen) atoms. The summed E-state index contributed by atoms with van der Waals surface area (Å²) in [6, 6.07) is 19.0. The molecule has 0 radical (unpaired) electrons. The summed E-state index contributed by atoms with van der Waals surface area (Å²) in [5.74, 6) is 1.57. The molecule has 0 aliphatic heterocycles. The van der Waals surface area contributed by atoms with E-state index in [0.717, 1.165) is 41.7 Å². The van der Waals surface area contributed by atoms with E-state index in [1.54, 1.807) is 31.5 Å². The van der Waals surface area contributed by atoms with Crippen molar-refractivity contribution in [3.8, 4) is 23.0 Å². The average molecular weight is 484 g/mol. The van der Waals surface area contributed by atoms with Crippen LogP contribution in [0.25, 0.3) is 10.9 Å². The lowest BCUT2D eigenvalue weighted by Gasteiger charge is -2.12. The number of pyridine rings is 1. The number of aromatic hydroxyl groups is 1. The maximum Gasteiger partial charge on any atom is 0.162 e. The average Bonchev–Trinajstić information content (AvgIpc) is 2.83. The molecular formula is C26H27ClFN3O3. The van der Waals surface area contributed by atoms with Gasteiger partial charge in [-0.15, -0.1) is 12.4 Å². The molecule has 0 saturated carbocycles. The van der Waals surface area contributed by atoms with Crippen molar-refractivity contribution in [2.75, 3.05) is 25.5 Å². The standard InChI is InChI=1S/C26H26FN3O3.ClH/c1-32-25-5-2-4-18(26(25)31)17-28-13-3-14-29-23-12-15-30-24-16-21(10-11-22(23)24)33-20-8-6-19(27)7-9-20;/h2,4-12,15-16,28,31H,3,13-14,17H2,1H3,(H,29,30);1H. The Morgan fingerprint density at radius 2 is 1.76 bits per heavy atom. The SMILES string of the molecule is COc1cccc(CNCCCNc2ccnc3cc(Oc4ccc(F)cc4)ccc23)c1O.Cl. The van der Waals surface area contributed by atoms with Gasteiger partial charge in [0.1, 0.15) is 17.3 Å². The van der Waals surface area contributed by atoms with Gasteiger partial charge in [-0.2, -0.15) is 0 Å². The van der Waals surface area contributed by atoms with Gasteiger partial charge in [0.05, 0.1) is 12.6 Å². The first kappa shape index (κ1) is 25.1. The van der Waals surface area contributed by atoms with Gasteiger partial charge < -0.3 is 25.2 Å². The quantitative estimate of drug-likeness (QED) is 0.244. The van der Waals surface area contributed by atoms with Gasteiger partial charge in [0.25, 0.3) is 0 Å². The first-order valence-electron chi connectivity index (χ1n) is 10.8. The van der Waals surface area contributed by atoms with Crippen LogP contribution in [0.2, 0.25) is 0 Å². The summed E-state index contributed by atoms with van der Waals surface area (Å²) in [5, 5.41) is 17.9.